The van der Waals surface area contributed by atoms with Crippen LogP contribution in [0.2, 0.25) is 0 Å². The van der Waals surface area contributed by atoms with Gasteiger partial charge in [-0.05, 0) is 49.9 Å². The minimum atomic E-state index is -4.64. The van der Waals surface area contributed by atoms with Gasteiger partial charge in [-0.2, -0.15) is 13.2 Å². The molecule has 1 aliphatic rings. The molecule has 238 valence electrons. The second-order valence-electron chi connectivity index (χ2n) is 11.3. The molecule has 4 heterocycles. The number of nitrogens with zero attached hydrogens (tertiary/aromatic N) is 5. The van der Waals surface area contributed by atoms with Gasteiger partial charge in [-0.1, -0.05) is 13.8 Å². The molecule has 1 aromatic carbocycles. The molecular weight excluding hydrogens is 594 g/mol. The number of likely N-dealkylation sites (tertiary alicyclic amines) is 1. The summed E-state index contributed by atoms with van der Waals surface area (Å²) in [4.78, 5) is 40.5. The van der Waals surface area contributed by atoms with Crippen molar-refractivity contribution in [1.82, 2.24) is 24.3 Å². The van der Waals surface area contributed by atoms with Gasteiger partial charge in [0, 0.05) is 49.6 Å². The van der Waals surface area contributed by atoms with Gasteiger partial charge in [0.15, 0.2) is 0 Å². The van der Waals surface area contributed by atoms with Gasteiger partial charge in [0.1, 0.15) is 40.2 Å². The Labute approximate surface area is 256 Å². The summed E-state index contributed by atoms with van der Waals surface area (Å²) in [5.74, 6) is -1.34. The number of carbonyl (C=O) groups excluding carboxylic acids is 2. The molecule has 3 N–H and O–H groups in total. The van der Waals surface area contributed by atoms with Crippen molar-refractivity contribution in [2.45, 2.75) is 52.1 Å². The Balaban J connectivity index is 1.54. The Morgan fingerprint density at radius 3 is 2.67 bits per heavy atom. The van der Waals surface area contributed by atoms with E-state index in [4.69, 9.17) is 15.5 Å². The maximum Gasteiger partial charge on any atom is 0.416 e. The van der Waals surface area contributed by atoms with Gasteiger partial charge in [-0.3, -0.25) is 14.0 Å². The highest BCUT2D eigenvalue weighted by atomic mass is 19.4. The first-order valence-corrected chi connectivity index (χ1v) is 14.6. The van der Waals surface area contributed by atoms with E-state index in [0.717, 1.165) is 31.2 Å². The van der Waals surface area contributed by atoms with E-state index in [0.29, 0.717) is 36.9 Å². The van der Waals surface area contributed by atoms with Crippen LogP contribution in [0.5, 0.6) is 5.75 Å². The van der Waals surface area contributed by atoms with E-state index in [1.165, 1.54) is 12.3 Å². The van der Waals surface area contributed by atoms with Gasteiger partial charge < -0.3 is 20.7 Å². The number of halogens is 4. The molecule has 1 fully saturated rings. The van der Waals surface area contributed by atoms with Crippen molar-refractivity contribution in [1.29, 1.82) is 0 Å². The van der Waals surface area contributed by atoms with Crippen molar-refractivity contribution in [3.8, 4) is 17.0 Å². The highest BCUT2D eigenvalue weighted by Gasteiger charge is 2.32. The standard InChI is InChI=1S/C31H33F4N7O3/c1-4-45-22-14-19(30(44)39-23-15-20(7-8-37-23)31(33,34)35)13-21(32)25(22)26-27-28(36)38-9-11-42(27)29(40-26)18-6-5-10-41(16-18)24(43)12-17(2)3/h7-9,11,13-15,17-18H,4-6,10,12,16H2,1-3H3,(H2,36,38)(H,37,39,44). The lowest BCUT2D eigenvalue weighted by atomic mass is 9.96. The summed E-state index contributed by atoms with van der Waals surface area (Å²) in [6, 6.07) is 3.69. The van der Waals surface area contributed by atoms with Crippen molar-refractivity contribution in [2.24, 2.45) is 5.92 Å². The Hall–Kier alpha value is -4.75. The minimum Gasteiger partial charge on any atom is -0.493 e. The van der Waals surface area contributed by atoms with E-state index in [1.54, 1.807) is 17.5 Å². The van der Waals surface area contributed by atoms with Crippen LogP contribution in [0, 0.1) is 11.7 Å². The number of hydrogen-bond donors (Lipinski definition) is 2. The number of benzene rings is 1. The number of imidazole rings is 1. The summed E-state index contributed by atoms with van der Waals surface area (Å²) < 4.78 is 63.0. The number of fused-ring (bicyclic) bond motifs is 1. The van der Waals surface area contributed by atoms with Crippen LogP contribution in [-0.2, 0) is 11.0 Å². The van der Waals surface area contributed by atoms with Crippen LogP contribution in [-0.4, -0.2) is 55.8 Å². The third-order valence-electron chi connectivity index (χ3n) is 7.51. The van der Waals surface area contributed by atoms with Gasteiger partial charge in [-0.25, -0.2) is 19.3 Å². The molecule has 1 unspecified atom stereocenters. The number of aromatic nitrogens is 4. The average Bonchev–Trinajstić information content (AvgIpc) is 3.37. The molecule has 0 bridgehead atoms. The summed E-state index contributed by atoms with van der Waals surface area (Å²) in [5.41, 5.74) is 5.52. The van der Waals surface area contributed by atoms with Crippen molar-refractivity contribution in [2.75, 3.05) is 30.7 Å². The zero-order chi connectivity index (χ0) is 32.5. The van der Waals surface area contributed by atoms with Gasteiger partial charge >= 0.3 is 6.18 Å². The van der Waals surface area contributed by atoms with E-state index in [2.05, 4.69) is 15.3 Å². The van der Waals surface area contributed by atoms with E-state index in [-0.39, 0.29) is 58.6 Å². The summed E-state index contributed by atoms with van der Waals surface area (Å²) in [6.45, 7) is 6.85. The molecule has 14 heteroatoms. The van der Waals surface area contributed by atoms with Crippen LogP contribution in [0.3, 0.4) is 0 Å². The summed E-state index contributed by atoms with van der Waals surface area (Å²) in [5, 5.41) is 2.28. The minimum absolute atomic E-state index is 0.0214. The Morgan fingerprint density at radius 2 is 1.96 bits per heavy atom. The highest BCUT2D eigenvalue weighted by molar-refractivity contribution is 6.05. The number of pyridine rings is 1. The summed E-state index contributed by atoms with van der Waals surface area (Å²) in [6.07, 6.45) is 1.41. The Kier molecular flexibility index (Phi) is 8.94. The molecule has 0 saturated carbocycles. The van der Waals surface area contributed by atoms with Crippen molar-refractivity contribution in [3.05, 3.63) is 65.6 Å². The summed E-state index contributed by atoms with van der Waals surface area (Å²) >= 11 is 0. The predicted molar refractivity (Wildman–Crippen MR) is 159 cm³/mol. The van der Waals surface area contributed by atoms with Crippen LogP contribution in [0.1, 0.15) is 67.7 Å². The molecule has 45 heavy (non-hydrogen) atoms. The topological polar surface area (TPSA) is 128 Å². The lowest BCUT2D eigenvalue weighted by Gasteiger charge is -2.32. The van der Waals surface area contributed by atoms with Crippen molar-refractivity contribution >= 4 is 29.0 Å². The van der Waals surface area contributed by atoms with Crippen LogP contribution in [0.25, 0.3) is 16.8 Å². The Morgan fingerprint density at radius 1 is 1.18 bits per heavy atom. The highest BCUT2D eigenvalue weighted by Crippen LogP contribution is 2.40. The smallest absolute Gasteiger partial charge is 0.416 e. The predicted octanol–water partition coefficient (Wildman–Crippen LogP) is 5.93. The second-order valence-corrected chi connectivity index (χ2v) is 11.3. The number of nitrogens with one attached hydrogen (secondary N) is 1. The van der Waals surface area contributed by atoms with E-state index in [1.807, 2.05) is 18.7 Å². The third-order valence-corrected chi connectivity index (χ3v) is 7.51. The van der Waals surface area contributed by atoms with Crippen LogP contribution >= 0.6 is 0 Å². The van der Waals surface area contributed by atoms with Crippen LogP contribution in [0.15, 0.2) is 42.9 Å². The SMILES string of the molecule is CCOc1cc(C(=O)Nc2cc(C(F)(F)F)ccn2)cc(F)c1-c1nc(C2CCCN(C(=O)CC(C)C)C2)n2ccnc(N)c12. The fourth-order valence-corrected chi connectivity index (χ4v) is 5.52. The molecule has 4 aromatic rings. The molecule has 5 rings (SSSR count). The average molecular weight is 628 g/mol. The fraction of sp³-hybridized carbons (Fsp3) is 0.387. The molecule has 1 aliphatic heterocycles. The largest absolute Gasteiger partial charge is 0.493 e. The number of carbonyl (C=O) groups is 2. The Bertz CT molecular complexity index is 1740. The maximum atomic E-state index is 16.1. The fourth-order valence-electron chi connectivity index (χ4n) is 5.52. The number of rotatable bonds is 8. The first-order chi connectivity index (χ1) is 21.4. The zero-order valence-electron chi connectivity index (χ0n) is 25.0. The number of nitrogens with two attached hydrogens (primary N) is 1. The lowest BCUT2D eigenvalue weighted by Crippen LogP contribution is -2.40. The van der Waals surface area contributed by atoms with Crippen LogP contribution in [0.4, 0.5) is 29.2 Å². The molecule has 10 nitrogen and oxygen atoms in total. The zero-order valence-corrected chi connectivity index (χ0v) is 25.0. The molecular formula is C31H33F4N7O3. The van der Waals surface area contributed by atoms with Gasteiger partial charge in [0.2, 0.25) is 5.91 Å². The molecule has 0 aliphatic carbocycles. The quantitative estimate of drug-likeness (QED) is 0.232. The number of amides is 2. The summed E-state index contributed by atoms with van der Waals surface area (Å²) in [7, 11) is 0. The van der Waals surface area contributed by atoms with Gasteiger partial charge in [-0.15, -0.1) is 0 Å². The van der Waals surface area contributed by atoms with E-state index in [9.17, 15) is 22.8 Å². The van der Waals surface area contributed by atoms with Crippen molar-refractivity contribution in [3.63, 3.8) is 0 Å². The maximum absolute atomic E-state index is 16.1. The second kappa shape index (κ2) is 12.7. The van der Waals surface area contributed by atoms with Gasteiger partial charge in [0.05, 0.1) is 17.7 Å². The first-order valence-electron chi connectivity index (χ1n) is 14.6. The molecule has 3 aromatic heterocycles. The molecule has 1 saturated heterocycles. The van der Waals surface area contributed by atoms with Crippen molar-refractivity contribution < 1.29 is 31.9 Å². The number of nitrogen functional groups attached to an aromatic ring is 1. The third kappa shape index (κ3) is 6.69. The molecule has 0 radical (unpaired) electrons. The first kappa shape index (κ1) is 31.7. The number of hydrogen-bond acceptors (Lipinski definition) is 7. The number of piperidine rings is 1. The number of alkyl halides is 3. The van der Waals surface area contributed by atoms with Gasteiger partial charge in [0.25, 0.3) is 5.91 Å². The molecule has 2 amide bonds. The van der Waals surface area contributed by atoms with Crippen LogP contribution < -0.4 is 15.8 Å². The molecule has 1 atom stereocenters. The number of anilines is 2. The molecule has 0 spiro atoms. The monoisotopic (exact) mass is 627 g/mol. The lowest BCUT2D eigenvalue weighted by molar-refractivity contribution is -0.137. The van der Waals surface area contributed by atoms with E-state index < -0.39 is 23.5 Å². The number of ether oxygens (including phenoxy) is 1. The normalized spacial score (nSPS) is 15.5. The van der Waals surface area contributed by atoms with E-state index >= 15 is 4.39 Å².